The molecule has 0 saturated carbocycles. The summed E-state index contributed by atoms with van der Waals surface area (Å²) in [6, 6.07) is 0.420. The van der Waals surface area contributed by atoms with Crippen molar-refractivity contribution in [1.82, 2.24) is 0 Å². The zero-order valence-electron chi connectivity index (χ0n) is 8.46. The number of hydrogen-bond acceptors (Lipinski definition) is 0. The molecule has 1 aliphatic rings. The third-order valence-electron chi connectivity index (χ3n) is 3.85. The first kappa shape index (κ1) is 11.1. The van der Waals surface area contributed by atoms with Gasteiger partial charge in [-0.25, -0.2) is 0 Å². The zero-order valence-corrected chi connectivity index (χ0v) is 9.46. The molecule has 1 saturated heterocycles. The third kappa shape index (κ3) is 1.65. The normalized spacial score (nSPS) is 34.6. The van der Waals surface area contributed by atoms with Crippen LogP contribution in [0.1, 0.15) is 33.1 Å². The van der Waals surface area contributed by atoms with Crippen LogP contribution in [0.5, 0.6) is 0 Å². The van der Waals surface area contributed by atoms with E-state index in [4.69, 9.17) is 0 Å². The van der Waals surface area contributed by atoms with Crippen LogP contribution < -0.4 is 0 Å². The van der Waals surface area contributed by atoms with Crippen molar-refractivity contribution in [3.8, 4) is 0 Å². The van der Waals surface area contributed by atoms with E-state index in [1.807, 2.05) is 0 Å². The van der Waals surface area contributed by atoms with Crippen molar-refractivity contribution in [2.24, 2.45) is 0 Å². The molecule has 0 nitrogen and oxygen atoms in total. The van der Waals surface area contributed by atoms with E-state index >= 15 is 0 Å². The van der Waals surface area contributed by atoms with E-state index in [0.717, 1.165) is 19.3 Å². The third-order valence-corrected chi connectivity index (χ3v) is 9.69. The minimum Gasteiger partial charge on any atom is -0.177 e. The monoisotopic (exact) mass is 210 g/mol. The summed E-state index contributed by atoms with van der Waals surface area (Å²) >= 11 is 0. The second-order valence-electron chi connectivity index (χ2n) is 4.92. The maximum absolute atomic E-state index is 12.9. The largest absolute Gasteiger partial charge is 0.361 e. The van der Waals surface area contributed by atoms with E-state index in [-0.39, 0.29) is 0 Å². The minimum atomic E-state index is -3.92. The number of hydrogen-bond donors (Lipinski definition) is 0. The van der Waals surface area contributed by atoms with Crippen molar-refractivity contribution in [3.05, 3.63) is 0 Å². The van der Waals surface area contributed by atoms with E-state index in [9.17, 15) is 13.2 Å². The van der Waals surface area contributed by atoms with Gasteiger partial charge in [-0.3, -0.25) is 0 Å². The predicted molar refractivity (Wildman–Crippen MR) is 50.4 cm³/mol. The van der Waals surface area contributed by atoms with Gasteiger partial charge in [0, 0.05) is 0 Å². The molecule has 1 aliphatic heterocycles. The maximum atomic E-state index is 12.9. The molecule has 1 heterocycles. The zero-order chi connectivity index (χ0) is 10.3. The molecule has 1 fully saturated rings. The van der Waals surface area contributed by atoms with Crippen LogP contribution in [0.3, 0.4) is 0 Å². The van der Waals surface area contributed by atoms with Crippen molar-refractivity contribution in [2.45, 2.75) is 56.5 Å². The van der Waals surface area contributed by atoms with Gasteiger partial charge in [-0.15, -0.1) is 0 Å². The number of alkyl halides is 3. The van der Waals surface area contributed by atoms with Gasteiger partial charge in [0.15, 0.2) is 8.07 Å². The van der Waals surface area contributed by atoms with Gasteiger partial charge >= 0.3 is 5.80 Å². The fraction of sp³-hybridized carbons (Fsp3) is 1.00. The molecule has 0 N–H and O–H groups in total. The van der Waals surface area contributed by atoms with E-state index in [2.05, 4.69) is 0 Å². The quantitative estimate of drug-likeness (QED) is 0.527. The van der Waals surface area contributed by atoms with Crippen molar-refractivity contribution >= 4 is 8.07 Å². The highest BCUT2D eigenvalue weighted by Gasteiger charge is 2.62. The Morgan fingerprint density at radius 1 is 1.15 bits per heavy atom. The Hall–Kier alpha value is 0.00688. The molecule has 4 heteroatoms. The SMILES string of the molecule is CC1(C)CCCC[Si]1(C)C(F)(F)F. The fourth-order valence-corrected chi connectivity index (χ4v) is 5.60. The van der Waals surface area contributed by atoms with Crippen LogP contribution in [0.15, 0.2) is 0 Å². The lowest BCUT2D eigenvalue weighted by Crippen LogP contribution is -2.56. The lowest BCUT2D eigenvalue weighted by molar-refractivity contribution is -0.0616. The molecule has 1 rings (SSSR count). The van der Waals surface area contributed by atoms with E-state index in [1.165, 1.54) is 6.55 Å². The van der Waals surface area contributed by atoms with Crippen molar-refractivity contribution in [1.29, 1.82) is 0 Å². The van der Waals surface area contributed by atoms with Crippen LogP contribution in [0.25, 0.3) is 0 Å². The molecule has 0 aromatic rings. The van der Waals surface area contributed by atoms with Crippen LogP contribution >= 0.6 is 0 Å². The molecule has 1 atom stereocenters. The van der Waals surface area contributed by atoms with Crippen molar-refractivity contribution < 1.29 is 13.2 Å². The Kier molecular flexibility index (Phi) is 2.56. The summed E-state index contributed by atoms with van der Waals surface area (Å²) in [5.74, 6) is -3.92. The molecule has 78 valence electrons. The van der Waals surface area contributed by atoms with Gasteiger partial charge in [-0.1, -0.05) is 39.7 Å². The van der Waals surface area contributed by atoms with Gasteiger partial charge in [-0.2, -0.15) is 13.2 Å². The van der Waals surface area contributed by atoms with Gasteiger partial charge in [0.2, 0.25) is 0 Å². The standard InChI is InChI=1S/C9H17F3Si/c1-8(2)6-4-5-7-13(8,3)9(10,11)12/h4-7H2,1-3H3. The van der Waals surface area contributed by atoms with Gasteiger partial charge in [0.05, 0.1) is 0 Å². The van der Waals surface area contributed by atoms with Crippen LogP contribution in [0, 0.1) is 0 Å². The summed E-state index contributed by atoms with van der Waals surface area (Å²) in [7, 11) is -3.07. The molecular formula is C9H17F3Si. The molecule has 0 aromatic carbocycles. The number of rotatable bonds is 0. The molecule has 0 aromatic heterocycles. The Morgan fingerprint density at radius 2 is 1.69 bits per heavy atom. The van der Waals surface area contributed by atoms with Gasteiger partial charge in [-0.05, 0) is 11.1 Å². The maximum Gasteiger partial charge on any atom is 0.361 e. The Labute approximate surface area is 78.5 Å². The highest BCUT2D eigenvalue weighted by molar-refractivity contribution is 6.83. The molecular weight excluding hydrogens is 193 g/mol. The first-order valence-electron chi connectivity index (χ1n) is 4.77. The average Bonchev–Trinajstić information content (AvgIpc) is 1.93. The Morgan fingerprint density at radius 3 is 2.00 bits per heavy atom. The summed E-state index contributed by atoms with van der Waals surface area (Å²) in [5.41, 5.74) is 0. The summed E-state index contributed by atoms with van der Waals surface area (Å²) < 4.78 is 38.6. The lowest BCUT2D eigenvalue weighted by atomic mass is 10.0. The topological polar surface area (TPSA) is 0 Å². The van der Waals surface area contributed by atoms with Crippen LogP contribution in [0.2, 0.25) is 17.6 Å². The summed E-state index contributed by atoms with van der Waals surface area (Å²) in [6.07, 6.45) is 2.48. The fourth-order valence-electron chi connectivity index (χ4n) is 2.19. The molecule has 0 radical (unpaired) electrons. The minimum absolute atomic E-state index is 0.420. The second-order valence-corrected chi connectivity index (χ2v) is 10.0. The van der Waals surface area contributed by atoms with Crippen molar-refractivity contribution in [3.63, 3.8) is 0 Å². The number of halogens is 3. The summed E-state index contributed by atoms with van der Waals surface area (Å²) in [4.78, 5) is 0. The molecule has 1 unspecified atom stereocenters. The first-order chi connectivity index (χ1) is 5.71. The van der Waals surface area contributed by atoms with E-state index < -0.39 is 18.9 Å². The van der Waals surface area contributed by atoms with Gasteiger partial charge in [0.1, 0.15) is 0 Å². The molecule has 0 aliphatic carbocycles. The smallest absolute Gasteiger partial charge is 0.177 e. The Balaban J connectivity index is 2.98. The molecule has 0 spiro atoms. The molecule has 13 heavy (non-hydrogen) atoms. The van der Waals surface area contributed by atoms with Gasteiger partial charge in [0.25, 0.3) is 0 Å². The Bertz CT molecular complexity index is 198. The molecule has 0 amide bonds. The highest BCUT2D eigenvalue weighted by atomic mass is 28.3. The highest BCUT2D eigenvalue weighted by Crippen LogP contribution is 2.55. The van der Waals surface area contributed by atoms with E-state index in [1.54, 1.807) is 13.8 Å². The van der Waals surface area contributed by atoms with Gasteiger partial charge < -0.3 is 0 Å². The summed E-state index contributed by atoms with van der Waals surface area (Å²) in [5, 5.41) is -0.469. The average molecular weight is 210 g/mol. The first-order valence-corrected chi connectivity index (χ1v) is 7.48. The van der Waals surface area contributed by atoms with E-state index in [0.29, 0.717) is 6.04 Å². The second kappa shape index (κ2) is 3.00. The lowest BCUT2D eigenvalue weighted by Gasteiger charge is -2.46. The predicted octanol–water partition coefficient (Wildman–Crippen LogP) is 4.13. The molecule has 0 bridgehead atoms. The summed E-state index contributed by atoms with van der Waals surface area (Å²) in [6.45, 7) is 5.10. The van der Waals surface area contributed by atoms with Crippen LogP contribution in [-0.2, 0) is 0 Å². The van der Waals surface area contributed by atoms with Crippen LogP contribution in [0.4, 0.5) is 13.2 Å². The van der Waals surface area contributed by atoms with Crippen LogP contribution in [-0.4, -0.2) is 13.9 Å². The van der Waals surface area contributed by atoms with Crippen molar-refractivity contribution in [2.75, 3.05) is 0 Å².